The third-order valence-corrected chi connectivity index (χ3v) is 5.29. The summed E-state index contributed by atoms with van der Waals surface area (Å²) in [6.45, 7) is 5.52. The van der Waals surface area contributed by atoms with E-state index in [0.29, 0.717) is 5.25 Å². The summed E-state index contributed by atoms with van der Waals surface area (Å²) < 4.78 is 1.25. The van der Waals surface area contributed by atoms with Crippen LogP contribution in [0.25, 0.3) is 0 Å². The molecule has 0 aliphatic carbocycles. The highest BCUT2D eigenvalue weighted by atomic mass is 127. The maximum Gasteiger partial charge on any atom is 0.161 e. The molecule has 2 rings (SSSR count). The van der Waals surface area contributed by atoms with Crippen molar-refractivity contribution in [3.05, 3.63) is 27.8 Å². The van der Waals surface area contributed by atoms with Crippen LogP contribution in [0, 0.1) is 9.49 Å². The maximum atomic E-state index is 4.62. The number of aliphatic imine (C=N–C) groups is 1. The number of rotatable bonds is 4. The Labute approximate surface area is 127 Å². The second kappa shape index (κ2) is 6.80. The number of anilines is 1. The number of hydrogen-bond donors (Lipinski definition) is 1. The molecule has 1 aliphatic rings. The molecule has 1 aromatic carbocycles. The van der Waals surface area contributed by atoms with Gasteiger partial charge < -0.3 is 5.32 Å². The first-order valence-electron chi connectivity index (χ1n) is 6.46. The van der Waals surface area contributed by atoms with Crippen molar-refractivity contribution in [1.82, 2.24) is 0 Å². The predicted octanol–water partition coefficient (Wildman–Crippen LogP) is 4.61. The van der Waals surface area contributed by atoms with E-state index >= 15 is 0 Å². The van der Waals surface area contributed by atoms with Crippen molar-refractivity contribution in [2.24, 2.45) is 10.9 Å². The van der Waals surface area contributed by atoms with E-state index in [1.807, 2.05) is 11.8 Å². The molecule has 4 heteroatoms. The van der Waals surface area contributed by atoms with Crippen LogP contribution >= 0.6 is 34.4 Å². The third-order valence-electron chi connectivity index (χ3n) is 3.33. The van der Waals surface area contributed by atoms with Crippen LogP contribution in [0.1, 0.15) is 26.7 Å². The van der Waals surface area contributed by atoms with Gasteiger partial charge in [0.25, 0.3) is 0 Å². The number of thioether (sulfide) groups is 1. The Morgan fingerprint density at radius 2 is 2.22 bits per heavy atom. The molecule has 0 fully saturated rings. The van der Waals surface area contributed by atoms with Crippen LogP contribution in [0.4, 0.5) is 5.69 Å². The molecule has 0 saturated heterocycles. The summed E-state index contributed by atoms with van der Waals surface area (Å²) >= 11 is 4.24. The summed E-state index contributed by atoms with van der Waals surface area (Å²) in [7, 11) is 0. The van der Waals surface area contributed by atoms with Crippen LogP contribution in [0.2, 0.25) is 0 Å². The summed E-state index contributed by atoms with van der Waals surface area (Å²) in [5.74, 6) is 0.786. The van der Waals surface area contributed by atoms with Gasteiger partial charge in [-0.25, -0.2) is 0 Å². The first-order chi connectivity index (χ1) is 8.72. The van der Waals surface area contributed by atoms with E-state index < -0.39 is 0 Å². The van der Waals surface area contributed by atoms with E-state index in [1.165, 1.54) is 16.4 Å². The van der Waals surface area contributed by atoms with E-state index in [-0.39, 0.29) is 0 Å². The molecular weight excluding hydrogens is 355 g/mol. The lowest BCUT2D eigenvalue weighted by atomic mass is 9.99. The quantitative estimate of drug-likeness (QED) is 0.779. The molecule has 1 aliphatic heterocycles. The molecule has 0 aromatic heterocycles. The molecule has 0 spiro atoms. The van der Waals surface area contributed by atoms with Crippen LogP contribution in [-0.4, -0.2) is 17.0 Å². The van der Waals surface area contributed by atoms with Gasteiger partial charge in [0.1, 0.15) is 0 Å². The molecule has 98 valence electrons. The summed E-state index contributed by atoms with van der Waals surface area (Å²) in [4.78, 5) is 4.62. The second-order valence-electron chi connectivity index (χ2n) is 4.51. The molecule has 0 amide bonds. The van der Waals surface area contributed by atoms with Crippen molar-refractivity contribution in [1.29, 1.82) is 0 Å². The van der Waals surface area contributed by atoms with Crippen LogP contribution in [0.5, 0.6) is 0 Å². The Bertz CT molecular complexity index is 430. The highest BCUT2D eigenvalue weighted by Gasteiger charge is 2.25. The fourth-order valence-electron chi connectivity index (χ4n) is 2.21. The summed E-state index contributed by atoms with van der Waals surface area (Å²) in [6.07, 6.45) is 2.50. The van der Waals surface area contributed by atoms with Crippen LogP contribution in [0.3, 0.4) is 0 Å². The molecule has 0 radical (unpaired) electrons. The maximum absolute atomic E-state index is 4.62. The summed E-state index contributed by atoms with van der Waals surface area (Å²) in [6, 6.07) is 8.41. The molecule has 2 nitrogen and oxygen atoms in total. The normalized spacial score (nSPS) is 19.1. The number of nitrogens with zero attached hydrogens (tertiary/aromatic N) is 1. The lowest BCUT2D eigenvalue weighted by Crippen LogP contribution is -2.17. The highest BCUT2D eigenvalue weighted by molar-refractivity contribution is 14.1. The van der Waals surface area contributed by atoms with Crippen molar-refractivity contribution >= 4 is 45.2 Å². The van der Waals surface area contributed by atoms with E-state index in [1.54, 1.807) is 0 Å². The molecule has 1 aromatic rings. The van der Waals surface area contributed by atoms with Gasteiger partial charge in [-0.05, 0) is 46.7 Å². The summed E-state index contributed by atoms with van der Waals surface area (Å²) in [5, 5.41) is 5.16. The smallest absolute Gasteiger partial charge is 0.161 e. The van der Waals surface area contributed by atoms with Gasteiger partial charge in [-0.15, -0.1) is 0 Å². The third kappa shape index (κ3) is 3.63. The molecule has 1 atom stereocenters. The van der Waals surface area contributed by atoms with Gasteiger partial charge in [-0.1, -0.05) is 44.5 Å². The largest absolute Gasteiger partial charge is 0.335 e. The zero-order chi connectivity index (χ0) is 13.0. The minimum absolute atomic E-state index is 0.658. The van der Waals surface area contributed by atoms with Crippen molar-refractivity contribution in [3.8, 4) is 0 Å². The van der Waals surface area contributed by atoms with Gasteiger partial charge in [0.05, 0.1) is 6.54 Å². The van der Waals surface area contributed by atoms with Crippen molar-refractivity contribution in [2.75, 3.05) is 11.9 Å². The predicted molar refractivity (Wildman–Crippen MR) is 90.5 cm³/mol. The van der Waals surface area contributed by atoms with E-state index in [9.17, 15) is 0 Å². The van der Waals surface area contributed by atoms with Crippen LogP contribution in [-0.2, 0) is 0 Å². The van der Waals surface area contributed by atoms with Gasteiger partial charge in [-0.2, -0.15) is 0 Å². The fourth-order valence-corrected chi connectivity index (χ4v) is 4.09. The van der Waals surface area contributed by atoms with Gasteiger partial charge in [-0.3, -0.25) is 4.99 Å². The SMILES string of the molecule is CCC(CC)C1CN=C(Nc2cccc(I)c2)S1. The number of hydrogen-bond acceptors (Lipinski definition) is 3. The molecule has 1 N–H and O–H groups in total. The highest BCUT2D eigenvalue weighted by Crippen LogP contribution is 2.31. The Kier molecular flexibility index (Phi) is 5.36. The molecule has 0 saturated carbocycles. The molecular formula is C14H19IN2S. The number of halogens is 1. The standard InChI is InChI=1S/C14H19IN2S/c1-3-10(4-2)13-9-16-14(18-13)17-12-7-5-6-11(15)8-12/h5-8,10,13H,3-4,9H2,1-2H3,(H,16,17). The number of benzene rings is 1. The Morgan fingerprint density at radius 3 is 2.89 bits per heavy atom. The van der Waals surface area contributed by atoms with Crippen molar-refractivity contribution < 1.29 is 0 Å². The van der Waals surface area contributed by atoms with Gasteiger partial charge in [0.2, 0.25) is 0 Å². The average molecular weight is 374 g/mol. The van der Waals surface area contributed by atoms with Gasteiger partial charge >= 0.3 is 0 Å². The summed E-state index contributed by atoms with van der Waals surface area (Å²) in [5.41, 5.74) is 1.14. The first-order valence-corrected chi connectivity index (χ1v) is 8.42. The van der Waals surface area contributed by atoms with Crippen molar-refractivity contribution in [3.63, 3.8) is 0 Å². The average Bonchev–Trinajstić information content (AvgIpc) is 2.79. The Morgan fingerprint density at radius 1 is 1.44 bits per heavy atom. The van der Waals surface area contributed by atoms with E-state index in [4.69, 9.17) is 0 Å². The molecule has 1 unspecified atom stereocenters. The zero-order valence-corrected chi connectivity index (χ0v) is 13.8. The number of amidine groups is 1. The minimum Gasteiger partial charge on any atom is -0.335 e. The lowest BCUT2D eigenvalue weighted by Gasteiger charge is -2.18. The second-order valence-corrected chi connectivity index (χ2v) is 6.99. The van der Waals surface area contributed by atoms with Gasteiger partial charge in [0.15, 0.2) is 5.17 Å². The Balaban J connectivity index is 1.93. The Hall–Kier alpha value is -0.230. The molecule has 0 bridgehead atoms. The molecule has 1 heterocycles. The van der Waals surface area contributed by atoms with E-state index in [2.05, 4.69) is 71.0 Å². The topological polar surface area (TPSA) is 24.4 Å². The molecule has 18 heavy (non-hydrogen) atoms. The fraction of sp³-hybridized carbons (Fsp3) is 0.500. The first kappa shape index (κ1) is 14.2. The van der Waals surface area contributed by atoms with Crippen LogP contribution < -0.4 is 5.32 Å². The number of nitrogens with one attached hydrogen (secondary N) is 1. The van der Waals surface area contributed by atoms with Crippen LogP contribution in [0.15, 0.2) is 29.3 Å². The lowest BCUT2D eigenvalue weighted by molar-refractivity contribution is 0.479. The monoisotopic (exact) mass is 374 g/mol. The zero-order valence-electron chi connectivity index (χ0n) is 10.8. The van der Waals surface area contributed by atoms with Gasteiger partial charge in [0, 0.05) is 14.5 Å². The van der Waals surface area contributed by atoms with Crippen molar-refractivity contribution in [2.45, 2.75) is 31.9 Å². The minimum atomic E-state index is 0.658. The van der Waals surface area contributed by atoms with E-state index in [0.717, 1.165) is 23.3 Å².